The van der Waals surface area contributed by atoms with E-state index in [1.54, 1.807) is 13.0 Å². The van der Waals surface area contributed by atoms with E-state index in [1.165, 1.54) is 6.92 Å². The Morgan fingerprint density at radius 2 is 2.00 bits per heavy atom. The Bertz CT molecular complexity index is 498. The van der Waals surface area contributed by atoms with Crippen LogP contribution >= 0.6 is 0 Å². The van der Waals surface area contributed by atoms with E-state index in [4.69, 9.17) is 9.47 Å². The van der Waals surface area contributed by atoms with Crippen LogP contribution < -0.4 is 10.6 Å². The fraction of sp³-hybridized carbons (Fsp3) is 0.684. The minimum atomic E-state index is -0.394. The molecule has 2 N–H and O–H groups in total. The molecule has 1 amide bonds. The maximum Gasteiger partial charge on any atom is 0.335 e. The molecule has 25 heavy (non-hydrogen) atoms. The molecule has 0 aromatic heterocycles. The zero-order valence-electron chi connectivity index (χ0n) is 15.9. The summed E-state index contributed by atoms with van der Waals surface area (Å²) in [5.41, 5.74) is 1.04. The predicted molar refractivity (Wildman–Crippen MR) is 97.9 cm³/mol. The van der Waals surface area contributed by atoms with E-state index in [0.29, 0.717) is 37.3 Å². The third-order valence-corrected chi connectivity index (χ3v) is 4.25. The highest BCUT2D eigenvalue weighted by Gasteiger charge is 2.35. The summed E-state index contributed by atoms with van der Waals surface area (Å²) in [5.74, 6) is -0.609. The Kier molecular flexibility index (Phi) is 9.45. The number of esters is 1. The summed E-state index contributed by atoms with van der Waals surface area (Å²) < 4.78 is 11.4. The second-order valence-corrected chi connectivity index (χ2v) is 6.19. The average molecular weight is 352 g/mol. The largest absolute Gasteiger partial charge is 0.463 e. The molecular formula is C19H32N2O4. The highest BCUT2D eigenvalue weighted by molar-refractivity contribution is 5.91. The molecule has 0 bridgehead atoms. The lowest BCUT2D eigenvalue weighted by Gasteiger charge is -2.35. The molecule has 6 heteroatoms. The van der Waals surface area contributed by atoms with Gasteiger partial charge in [-0.2, -0.15) is 0 Å². The number of ether oxygens (including phenoxy) is 2. The van der Waals surface area contributed by atoms with Crippen LogP contribution in [-0.4, -0.2) is 43.3 Å². The van der Waals surface area contributed by atoms with Crippen LogP contribution in [0.2, 0.25) is 0 Å². The summed E-state index contributed by atoms with van der Waals surface area (Å²) in [5, 5.41) is 6.18. The molecule has 0 saturated heterocycles. The number of nitrogens with one attached hydrogen (secondary N) is 2. The van der Waals surface area contributed by atoms with Gasteiger partial charge in [-0.1, -0.05) is 19.9 Å². The Hall–Kier alpha value is -1.66. The van der Waals surface area contributed by atoms with Crippen LogP contribution in [0.1, 0.15) is 53.4 Å². The van der Waals surface area contributed by atoms with E-state index in [1.807, 2.05) is 0 Å². The molecule has 0 spiro atoms. The summed E-state index contributed by atoms with van der Waals surface area (Å²) >= 11 is 0. The van der Waals surface area contributed by atoms with Crippen molar-refractivity contribution < 1.29 is 19.1 Å². The highest BCUT2D eigenvalue weighted by atomic mass is 16.5. The minimum Gasteiger partial charge on any atom is -0.463 e. The first-order valence-electron chi connectivity index (χ1n) is 9.14. The molecular weight excluding hydrogens is 320 g/mol. The van der Waals surface area contributed by atoms with Crippen molar-refractivity contribution in [3.63, 3.8) is 0 Å². The highest BCUT2D eigenvalue weighted by Crippen LogP contribution is 2.29. The zero-order chi connectivity index (χ0) is 18.8. The fourth-order valence-corrected chi connectivity index (χ4v) is 3.01. The first-order chi connectivity index (χ1) is 12.0. The molecule has 0 saturated carbocycles. The van der Waals surface area contributed by atoms with Gasteiger partial charge in [-0.25, -0.2) is 4.79 Å². The van der Waals surface area contributed by atoms with Gasteiger partial charge in [0.25, 0.3) is 0 Å². The van der Waals surface area contributed by atoms with Gasteiger partial charge in [0.05, 0.1) is 30.1 Å². The van der Waals surface area contributed by atoms with Crippen LogP contribution in [0.3, 0.4) is 0 Å². The average Bonchev–Trinajstić information content (AvgIpc) is 2.58. The summed E-state index contributed by atoms with van der Waals surface area (Å²) in [6.45, 7) is 12.0. The summed E-state index contributed by atoms with van der Waals surface area (Å²) in [6, 6.07) is 0.0641. The molecule has 0 aromatic rings. The van der Waals surface area contributed by atoms with Crippen molar-refractivity contribution in [3.05, 3.63) is 23.9 Å². The van der Waals surface area contributed by atoms with Gasteiger partial charge in [0.15, 0.2) is 0 Å². The molecule has 6 nitrogen and oxygen atoms in total. The van der Waals surface area contributed by atoms with Gasteiger partial charge in [0, 0.05) is 19.5 Å². The second-order valence-electron chi connectivity index (χ2n) is 6.19. The molecule has 142 valence electrons. The lowest BCUT2D eigenvalue weighted by molar-refractivity contribution is -0.139. The van der Waals surface area contributed by atoms with Crippen molar-refractivity contribution in [3.8, 4) is 0 Å². The summed E-state index contributed by atoms with van der Waals surface area (Å²) in [6.07, 6.45) is 4.45. The fourth-order valence-electron chi connectivity index (χ4n) is 3.01. The van der Waals surface area contributed by atoms with E-state index >= 15 is 0 Å². The minimum absolute atomic E-state index is 0.0641. The van der Waals surface area contributed by atoms with E-state index in [-0.39, 0.29) is 24.2 Å². The van der Waals surface area contributed by atoms with Crippen LogP contribution in [0.25, 0.3) is 0 Å². The Morgan fingerprint density at radius 3 is 2.52 bits per heavy atom. The van der Waals surface area contributed by atoms with E-state index in [0.717, 1.165) is 12.8 Å². The lowest BCUT2D eigenvalue weighted by Crippen LogP contribution is -2.45. The SMILES string of the molecule is C=CCNC1CC(C(=O)OCC)=C(NC(C)=O)C(OC(CC)CC)C1. The number of amides is 1. The Labute approximate surface area is 151 Å². The van der Waals surface area contributed by atoms with Crippen LogP contribution in [0.15, 0.2) is 23.9 Å². The third kappa shape index (κ3) is 6.63. The van der Waals surface area contributed by atoms with Gasteiger partial charge in [0.2, 0.25) is 5.91 Å². The normalized spacial score (nSPS) is 20.5. The molecule has 0 radical (unpaired) electrons. The quantitative estimate of drug-likeness (QED) is 0.466. The molecule has 0 fully saturated rings. The van der Waals surface area contributed by atoms with Gasteiger partial charge < -0.3 is 20.1 Å². The number of rotatable bonds is 10. The number of carbonyl (C=O) groups excluding carboxylic acids is 2. The molecule has 0 aromatic carbocycles. The number of hydrogen-bond donors (Lipinski definition) is 2. The van der Waals surface area contributed by atoms with Gasteiger partial charge >= 0.3 is 5.97 Å². The molecule has 0 aliphatic heterocycles. The third-order valence-electron chi connectivity index (χ3n) is 4.25. The van der Waals surface area contributed by atoms with Crippen LogP contribution in [0.4, 0.5) is 0 Å². The monoisotopic (exact) mass is 352 g/mol. The topological polar surface area (TPSA) is 76.7 Å². The maximum absolute atomic E-state index is 12.4. The van der Waals surface area contributed by atoms with Gasteiger partial charge in [-0.05, 0) is 32.6 Å². The van der Waals surface area contributed by atoms with Gasteiger partial charge in [0.1, 0.15) is 0 Å². The molecule has 2 unspecified atom stereocenters. The van der Waals surface area contributed by atoms with Crippen molar-refractivity contribution in [2.75, 3.05) is 13.2 Å². The van der Waals surface area contributed by atoms with Crippen LogP contribution in [-0.2, 0) is 19.1 Å². The second kappa shape index (κ2) is 11.1. The van der Waals surface area contributed by atoms with Crippen LogP contribution in [0, 0.1) is 0 Å². The first kappa shape index (κ1) is 21.4. The summed E-state index contributed by atoms with van der Waals surface area (Å²) in [4.78, 5) is 24.1. The molecule has 0 heterocycles. The first-order valence-corrected chi connectivity index (χ1v) is 9.14. The van der Waals surface area contributed by atoms with Gasteiger partial charge in [-0.3, -0.25) is 4.79 Å². The molecule has 1 rings (SSSR count). The lowest BCUT2D eigenvalue weighted by atomic mass is 9.89. The van der Waals surface area contributed by atoms with Crippen molar-refractivity contribution >= 4 is 11.9 Å². The van der Waals surface area contributed by atoms with E-state index in [9.17, 15) is 9.59 Å². The van der Waals surface area contributed by atoms with Crippen molar-refractivity contribution in [2.45, 2.75) is 71.6 Å². The van der Waals surface area contributed by atoms with Crippen molar-refractivity contribution in [1.29, 1.82) is 0 Å². The number of hydrogen-bond acceptors (Lipinski definition) is 5. The zero-order valence-corrected chi connectivity index (χ0v) is 15.9. The number of carbonyl (C=O) groups is 2. The molecule has 1 aliphatic rings. The summed E-state index contributed by atoms with van der Waals surface area (Å²) in [7, 11) is 0. The van der Waals surface area contributed by atoms with E-state index < -0.39 is 5.97 Å². The Balaban J connectivity index is 3.18. The van der Waals surface area contributed by atoms with Gasteiger partial charge in [-0.15, -0.1) is 6.58 Å². The van der Waals surface area contributed by atoms with Crippen molar-refractivity contribution in [1.82, 2.24) is 10.6 Å². The van der Waals surface area contributed by atoms with Crippen LogP contribution in [0.5, 0.6) is 0 Å². The molecule has 1 aliphatic carbocycles. The predicted octanol–water partition coefficient (Wildman–Crippen LogP) is 2.45. The van der Waals surface area contributed by atoms with Crippen molar-refractivity contribution in [2.24, 2.45) is 0 Å². The Morgan fingerprint density at radius 1 is 1.32 bits per heavy atom. The maximum atomic E-state index is 12.4. The van der Waals surface area contributed by atoms with E-state index in [2.05, 4.69) is 31.1 Å². The standard InChI is InChI=1S/C19H32N2O4/c1-6-10-20-14-11-16(19(23)24-9-4)18(21-13(5)22)17(12-14)25-15(7-2)8-3/h6,14-15,17,20H,1,7-12H2,2-5H3,(H,21,22). The molecule has 2 atom stereocenters. The smallest absolute Gasteiger partial charge is 0.335 e.